The van der Waals surface area contributed by atoms with Crippen molar-refractivity contribution in [1.29, 1.82) is 0 Å². The van der Waals surface area contributed by atoms with E-state index in [9.17, 15) is 9.59 Å². The number of carbonyl (C=O) groups excluding carboxylic acids is 1. The summed E-state index contributed by atoms with van der Waals surface area (Å²) in [6, 6.07) is 12.4. The van der Waals surface area contributed by atoms with Crippen molar-refractivity contribution in [3.05, 3.63) is 52.9 Å². The number of hydrogen-bond acceptors (Lipinski definition) is 5. The molecule has 108 valence electrons. The lowest BCUT2D eigenvalue weighted by atomic mass is 10.0. The number of anilines is 1. The molecule has 4 rings (SSSR count). The molecule has 0 radical (unpaired) electrons. The first kappa shape index (κ1) is 12.6. The highest BCUT2D eigenvalue weighted by Gasteiger charge is 2.18. The highest BCUT2D eigenvalue weighted by Crippen LogP contribution is 2.33. The Balaban J connectivity index is 1.93. The molecule has 1 N–H and O–H groups in total. The summed E-state index contributed by atoms with van der Waals surface area (Å²) in [5.74, 6) is 0.395. The van der Waals surface area contributed by atoms with Crippen LogP contribution in [0.25, 0.3) is 22.0 Å². The summed E-state index contributed by atoms with van der Waals surface area (Å²) < 4.78 is 10.2. The van der Waals surface area contributed by atoms with E-state index in [2.05, 4.69) is 10.5 Å². The number of fused-ring (bicyclic) bond motifs is 2. The van der Waals surface area contributed by atoms with Crippen LogP contribution in [-0.4, -0.2) is 17.7 Å². The second-order valence-electron chi connectivity index (χ2n) is 4.91. The Morgan fingerprint density at radius 1 is 1.05 bits per heavy atom. The molecule has 22 heavy (non-hydrogen) atoms. The van der Waals surface area contributed by atoms with Gasteiger partial charge in [-0.05, 0) is 24.3 Å². The quantitative estimate of drug-likeness (QED) is 0.744. The average Bonchev–Trinajstić information content (AvgIpc) is 2.55. The third kappa shape index (κ3) is 1.93. The summed E-state index contributed by atoms with van der Waals surface area (Å²) in [5, 5.41) is 7.81. The van der Waals surface area contributed by atoms with Crippen molar-refractivity contribution >= 4 is 22.4 Å². The highest BCUT2D eigenvalue weighted by molar-refractivity contribution is 5.98. The molecule has 0 aliphatic carbocycles. The lowest BCUT2D eigenvalue weighted by molar-refractivity contribution is -0.118. The van der Waals surface area contributed by atoms with Crippen molar-refractivity contribution in [3.63, 3.8) is 0 Å². The first-order valence-corrected chi connectivity index (χ1v) is 6.68. The summed E-state index contributed by atoms with van der Waals surface area (Å²) in [7, 11) is 0. The van der Waals surface area contributed by atoms with Gasteiger partial charge in [-0.3, -0.25) is 4.79 Å². The van der Waals surface area contributed by atoms with Gasteiger partial charge in [0, 0.05) is 10.9 Å². The van der Waals surface area contributed by atoms with Crippen molar-refractivity contribution in [2.24, 2.45) is 0 Å². The van der Waals surface area contributed by atoms with Crippen molar-refractivity contribution < 1.29 is 14.1 Å². The van der Waals surface area contributed by atoms with E-state index in [0.29, 0.717) is 27.9 Å². The molecular formula is C16H10N2O4. The zero-order valence-electron chi connectivity index (χ0n) is 11.3. The van der Waals surface area contributed by atoms with Crippen LogP contribution in [0.5, 0.6) is 5.75 Å². The summed E-state index contributed by atoms with van der Waals surface area (Å²) in [5.41, 5.74) is 1.36. The number of rotatable bonds is 1. The fraction of sp³-hybridized carbons (Fsp3) is 0.0625. The van der Waals surface area contributed by atoms with Gasteiger partial charge in [0.2, 0.25) is 0 Å². The normalized spacial score (nSPS) is 13.4. The molecule has 1 aliphatic rings. The molecule has 1 aliphatic heterocycles. The number of amides is 1. The molecule has 0 saturated heterocycles. The fourth-order valence-corrected chi connectivity index (χ4v) is 2.49. The van der Waals surface area contributed by atoms with Gasteiger partial charge in [-0.15, -0.1) is 0 Å². The van der Waals surface area contributed by atoms with Gasteiger partial charge >= 0.3 is 5.63 Å². The number of aromatic nitrogens is 1. The standard InChI is InChI=1S/C16H10N2O4/c19-14-8-21-13-6-5-9(7-12(13)17-14)15-10-3-1-2-4-11(10)16(20)22-18-15/h1-7H,8H2,(H,17,19). The summed E-state index contributed by atoms with van der Waals surface area (Å²) in [6.07, 6.45) is 0. The van der Waals surface area contributed by atoms with Gasteiger partial charge in [-0.2, -0.15) is 0 Å². The van der Waals surface area contributed by atoms with E-state index in [1.54, 1.807) is 24.3 Å². The van der Waals surface area contributed by atoms with Gasteiger partial charge in [0.15, 0.2) is 6.61 Å². The van der Waals surface area contributed by atoms with Gasteiger partial charge in [-0.25, -0.2) is 4.79 Å². The largest absolute Gasteiger partial charge is 0.482 e. The first-order valence-electron chi connectivity index (χ1n) is 6.68. The number of ether oxygens (including phenoxy) is 1. The summed E-state index contributed by atoms with van der Waals surface area (Å²) in [4.78, 5) is 23.2. The SMILES string of the molecule is O=C1COc2ccc(-c3noc(=O)c4ccccc34)cc2N1. The summed E-state index contributed by atoms with van der Waals surface area (Å²) in [6.45, 7) is 0.00768. The van der Waals surface area contributed by atoms with Crippen LogP contribution in [0.4, 0.5) is 5.69 Å². The monoisotopic (exact) mass is 294 g/mol. The minimum atomic E-state index is -0.478. The predicted molar refractivity (Wildman–Crippen MR) is 79.8 cm³/mol. The number of nitrogens with one attached hydrogen (secondary N) is 1. The molecule has 0 unspecified atom stereocenters. The molecule has 0 bridgehead atoms. The summed E-state index contributed by atoms with van der Waals surface area (Å²) >= 11 is 0. The number of carbonyl (C=O) groups is 1. The molecule has 1 aromatic heterocycles. The molecular weight excluding hydrogens is 284 g/mol. The van der Waals surface area contributed by atoms with Gasteiger partial charge in [0.05, 0.1) is 11.1 Å². The van der Waals surface area contributed by atoms with Crippen molar-refractivity contribution in [2.75, 3.05) is 11.9 Å². The van der Waals surface area contributed by atoms with Crippen molar-refractivity contribution in [2.45, 2.75) is 0 Å². The van der Waals surface area contributed by atoms with Crippen molar-refractivity contribution in [3.8, 4) is 17.0 Å². The average molecular weight is 294 g/mol. The molecule has 1 amide bonds. The Morgan fingerprint density at radius 3 is 2.73 bits per heavy atom. The highest BCUT2D eigenvalue weighted by atomic mass is 16.5. The van der Waals surface area contributed by atoms with Crippen LogP contribution < -0.4 is 15.7 Å². The predicted octanol–water partition coefficient (Wildman–Crippen LogP) is 2.19. The topological polar surface area (TPSA) is 81.4 Å². The Morgan fingerprint density at radius 2 is 1.86 bits per heavy atom. The van der Waals surface area contributed by atoms with Gasteiger partial charge < -0.3 is 14.6 Å². The van der Waals surface area contributed by atoms with Gasteiger partial charge in [0.1, 0.15) is 11.4 Å². The zero-order chi connectivity index (χ0) is 15.1. The number of hydrogen-bond donors (Lipinski definition) is 1. The fourth-order valence-electron chi connectivity index (χ4n) is 2.49. The van der Waals surface area contributed by atoms with E-state index in [1.165, 1.54) is 0 Å². The lowest BCUT2D eigenvalue weighted by Crippen LogP contribution is -2.25. The third-order valence-electron chi connectivity index (χ3n) is 3.51. The van der Waals surface area contributed by atoms with Crippen LogP contribution in [0, 0.1) is 0 Å². The smallest absolute Gasteiger partial charge is 0.366 e. The minimum Gasteiger partial charge on any atom is -0.482 e. The van der Waals surface area contributed by atoms with Crippen LogP contribution in [0.3, 0.4) is 0 Å². The van der Waals surface area contributed by atoms with Gasteiger partial charge in [-0.1, -0.05) is 23.4 Å². The Kier molecular flexibility index (Phi) is 2.69. The van der Waals surface area contributed by atoms with Crippen LogP contribution in [0.2, 0.25) is 0 Å². The molecule has 3 aromatic rings. The second kappa shape index (κ2) is 4.70. The lowest BCUT2D eigenvalue weighted by Gasteiger charge is -2.18. The van der Waals surface area contributed by atoms with Crippen LogP contribution in [0.15, 0.2) is 51.8 Å². The van der Waals surface area contributed by atoms with E-state index >= 15 is 0 Å². The maximum atomic E-state index is 11.7. The zero-order valence-corrected chi connectivity index (χ0v) is 11.3. The Labute approximate surface area is 124 Å². The number of benzene rings is 2. The van der Waals surface area contributed by atoms with E-state index < -0.39 is 5.63 Å². The maximum Gasteiger partial charge on any atom is 0.366 e. The third-order valence-corrected chi connectivity index (χ3v) is 3.51. The maximum absolute atomic E-state index is 11.7. The molecule has 0 atom stereocenters. The van der Waals surface area contributed by atoms with Crippen molar-refractivity contribution in [1.82, 2.24) is 5.16 Å². The van der Waals surface area contributed by atoms with E-state index in [4.69, 9.17) is 9.26 Å². The molecule has 6 heteroatoms. The Bertz CT molecular complexity index is 962. The van der Waals surface area contributed by atoms with Gasteiger partial charge in [0.25, 0.3) is 5.91 Å². The number of nitrogens with zero attached hydrogens (tertiary/aromatic N) is 1. The van der Waals surface area contributed by atoms with E-state index in [0.717, 1.165) is 5.56 Å². The molecule has 0 spiro atoms. The molecule has 2 heterocycles. The van der Waals surface area contributed by atoms with E-state index in [-0.39, 0.29) is 12.5 Å². The first-order chi connectivity index (χ1) is 10.7. The molecule has 0 saturated carbocycles. The minimum absolute atomic E-state index is 0.00768. The van der Waals surface area contributed by atoms with Crippen LogP contribution in [0.1, 0.15) is 0 Å². The molecule has 6 nitrogen and oxygen atoms in total. The van der Waals surface area contributed by atoms with E-state index in [1.807, 2.05) is 18.2 Å². The second-order valence-corrected chi connectivity index (χ2v) is 4.91. The van der Waals surface area contributed by atoms with Crippen LogP contribution >= 0.6 is 0 Å². The van der Waals surface area contributed by atoms with Crippen LogP contribution in [-0.2, 0) is 4.79 Å². The Hall–Kier alpha value is -3.15. The molecule has 0 fully saturated rings. The molecule has 2 aromatic carbocycles.